The SMILES string of the molecule is CCOC(=O)c1ccc(Nc2sc(C(=O)c3ccc(C)cc3C)c(N)c2C#N)cc1. The summed E-state index contributed by atoms with van der Waals surface area (Å²) in [5.41, 5.74) is 10.1. The summed E-state index contributed by atoms with van der Waals surface area (Å²) < 4.78 is 4.97. The molecular formula is C23H21N3O3S. The number of hydrogen-bond acceptors (Lipinski definition) is 7. The van der Waals surface area contributed by atoms with Crippen LogP contribution in [0.3, 0.4) is 0 Å². The maximum atomic E-state index is 13.1. The van der Waals surface area contributed by atoms with Gasteiger partial charge in [0.25, 0.3) is 0 Å². The number of anilines is 3. The van der Waals surface area contributed by atoms with Gasteiger partial charge < -0.3 is 15.8 Å². The third-order valence-corrected chi connectivity index (χ3v) is 5.66. The quantitative estimate of drug-likeness (QED) is 0.432. The number of nitrogens with two attached hydrogens (primary N) is 1. The van der Waals surface area contributed by atoms with Gasteiger partial charge in [0.2, 0.25) is 5.78 Å². The standard InChI is InChI=1S/C23H21N3O3S/c1-4-29-23(28)15-6-8-16(9-7-15)26-22-18(12-24)19(25)21(30-22)20(27)17-10-5-13(2)11-14(17)3/h5-11,26H,4,25H2,1-3H3. The van der Waals surface area contributed by atoms with Crippen LogP contribution in [-0.4, -0.2) is 18.4 Å². The van der Waals surface area contributed by atoms with E-state index < -0.39 is 5.97 Å². The van der Waals surface area contributed by atoms with Gasteiger partial charge in [-0.05, 0) is 50.6 Å². The highest BCUT2D eigenvalue weighted by molar-refractivity contribution is 7.19. The second kappa shape index (κ2) is 8.80. The molecule has 2 aromatic carbocycles. The molecule has 3 N–H and O–H groups in total. The van der Waals surface area contributed by atoms with Crippen LogP contribution in [0.2, 0.25) is 0 Å². The summed E-state index contributed by atoms with van der Waals surface area (Å²) >= 11 is 1.14. The van der Waals surface area contributed by atoms with Gasteiger partial charge in [0.1, 0.15) is 21.5 Å². The third-order valence-electron chi connectivity index (χ3n) is 4.54. The molecule has 1 aromatic heterocycles. The summed E-state index contributed by atoms with van der Waals surface area (Å²) in [5.74, 6) is -0.610. The van der Waals surface area contributed by atoms with Crippen molar-refractivity contribution in [1.82, 2.24) is 0 Å². The van der Waals surface area contributed by atoms with Crippen LogP contribution in [0, 0.1) is 25.2 Å². The molecular weight excluding hydrogens is 398 g/mol. The zero-order chi connectivity index (χ0) is 21.8. The van der Waals surface area contributed by atoms with E-state index in [1.54, 1.807) is 37.3 Å². The van der Waals surface area contributed by atoms with Gasteiger partial charge >= 0.3 is 5.97 Å². The van der Waals surface area contributed by atoms with Crippen molar-refractivity contribution in [2.24, 2.45) is 0 Å². The average Bonchev–Trinajstić information content (AvgIpc) is 3.03. The number of carbonyl (C=O) groups is 2. The number of esters is 1. The molecule has 0 saturated carbocycles. The number of nitrogen functional groups attached to an aromatic ring is 1. The molecule has 0 spiro atoms. The molecule has 0 aliphatic heterocycles. The number of aryl methyl sites for hydroxylation is 2. The van der Waals surface area contributed by atoms with Crippen molar-refractivity contribution >= 4 is 39.5 Å². The molecule has 0 aliphatic rings. The number of nitrogens with one attached hydrogen (secondary N) is 1. The Balaban J connectivity index is 1.91. The molecule has 1 heterocycles. The van der Waals surface area contributed by atoms with E-state index in [0.29, 0.717) is 33.3 Å². The fraction of sp³-hybridized carbons (Fsp3) is 0.174. The van der Waals surface area contributed by atoms with Crippen LogP contribution in [0.4, 0.5) is 16.4 Å². The van der Waals surface area contributed by atoms with Gasteiger partial charge in [0, 0.05) is 11.3 Å². The Kier molecular flexibility index (Phi) is 6.19. The molecule has 30 heavy (non-hydrogen) atoms. The van der Waals surface area contributed by atoms with Crippen LogP contribution >= 0.6 is 11.3 Å². The zero-order valence-corrected chi connectivity index (χ0v) is 17.7. The van der Waals surface area contributed by atoms with Gasteiger partial charge in [-0.3, -0.25) is 4.79 Å². The molecule has 0 unspecified atom stereocenters. The number of ether oxygens (including phenoxy) is 1. The monoisotopic (exact) mass is 419 g/mol. The van der Waals surface area contributed by atoms with Crippen LogP contribution in [0.1, 0.15) is 49.2 Å². The van der Waals surface area contributed by atoms with E-state index in [-0.39, 0.29) is 17.0 Å². The Hall–Kier alpha value is -3.63. The highest BCUT2D eigenvalue weighted by Crippen LogP contribution is 2.38. The molecule has 0 radical (unpaired) electrons. The first-order valence-corrected chi connectivity index (χ1v) is 10.2. The average molecular weight is 420 g/mol. The Morgan fingerprint density at radius 1 is 1.17 bits per heavy atom. The number of carbonyl (C=O) groups excluding carboxylic acids is 2. The largest absolute Gasteiger partial charge is 0.462 e. The Bertz CT molecular complexity index is 1160. The van der Waals surface area contributed by atoms with Crippen LogP contribution < -0.4 is 11.1 Å². The van der Waals surface area contributed by atoms with E-state index in [9.17, 15) is 14.9 Å². The van der Waals surface area contributed by atoms with Crippen molar-refractivity contribution in [1.29, 1.82) is 5.26 Å². The Morgan fingerprint density at radius 3 is 2.47 bits per heavy atom. The first-order chi connectivity index (χ1) is 14.3. The van der Waals surface area contributed by atoms with Gasteiger partial charge in [-0.1, -0.05) is 23.8 Å². The summed E-state index contributed by atoms with van der Waals surface area (Å²) in [6.07, 6.45) is 0. The zero-order valence-electron chi connectivity index (χ0n) is 16.9. The molecule has 0 fully saturated rings. The predicted octanol–water partition coefficient (Wildman–Crippen LogP) is 4.97. The van der Waals surface area contributed by atoms with E-state index in [1.165, 1.54) is 0 Å². The van der Waals surface area contributed by atoms with Crippen LogP contribution in [0.15, 0.2) is 42.5 Å². The third kappa shape index (κ3) is 4.19. The van der Waals surface area contributed by atoms with Gasteiger partial charge in [-0.15, -0.1) is 11.3 Å². The predicted molar refractivity (Wildman–Crippen MR) is 118 cm³/mol. The molecule has 0 atom stereocenters. The van der Waals surface area contributed by atoms with Crippen molar-refractivity contribution in [3.63, 3.8) is 0 Å². The summed E-state index contributed by atoms with van der Waals surface area (Å²) in [5, 5.41) is 13.2. The Labute approximate surface area is 178 Å². The van der Waals surface area contributed by atoms with Crippen LogP contribution in [-0.2, 0) is 4.74 Å². The fourth-order valence-electron chi connectivity index (χ4n) is 3.04. The first kappa shape index (κ1) is 21.1. The van der Waals surface area contributed by atoms with Crippen molar-refractivity contribution in [2.75, 3.05) is 17.7 Å². The van der Waals surface area contributed by atoms with E-state index in [1.807, 2.05) is 26.0 Å². The van der Waals surface area contributed by atoms with Gasteiger partial charge in [-0.2, -0.15) is 5.26 Å². The van der Waals surface area contributed by atoms with Crippen molar-refractivity contribution in [2.45, 2.75) is 20.8 Å². The molecule has 152 valence electrons. The molecule has 0 amide bonds. The van der Waals surface area contributed by atoms with Crippen molar-refractivity contribution < 1.29 is 14.3 Å². The van der Waals surface area contributed by atoms with Crippen molar-refractivity contribution in [3.8, 4) is 6.07 Å². The van der Waals surface area contributed by atoms with E-state index in [0.717, 1.165) is 22.5 Å². The lowest BCUT2D eigenvalue weighted by molar-refractivity contribution is 0.0526. The molecule has 6 nitrogen and oxygen atoms in total. The van der Waals surface area contributed by atoms with Crippen molar-refractivity contribution in [3.05, 3.63) is 75.2 Å². The summed E-state index contributed by atoms with van der Waals surface area (Å²) in [6, 6.07) is 14.3. The van der Waals surface area contributed by atoms with Crippen LogP contribution in [0.25, 0.3) is 0 Å². The highest BCUT2D eigenvalue weighted by Gasteiger charge is 2.23. The number of ketones is 1. The minimum Gasteiger partial charge on any atom is -0.462 e. The van der Waals surface area contributed by atoms with Gasteiger partial charge in [-0.25, -0.2) is 4.79 Å². The summed E-state index contributed by atoms with van der Waals surface area (Å²) in [7, 11) is 0. The minimum absolute atomic E-state index is 0.165. The van der Waals surface area contributed by atoms with E-state index >= 15 is 0 Å². The minimum atomic E-state index is -0.400. The number of rotatable bonds is 6. The number of thiophene rings is 1. The lowest BCUT2D eigenvalue weighted by Gasteiger charge is -2.06. The van der Waals surface area contributed by atoms with E-state index in [4.69, 9.17) is 10.5 Å². The number of nitriles is 1. The summed E-state index contributed by atoms with van der Waals surface area (Å²) in [6.45, 7) is 5.88. The number of benzene rings is 2. The lowest BCUT2D eigenvalue weighted by atomic mass is 10.0. The topological polar surface area (TPSA) is 105 Å². The smallest absolute Gasteiger partial charge is 0.338 e. The normalized spacial score (nSPS) is 10.3. The molecule has 3 aromatic rings. The number of hydrogen-bond donors (Lipinski definition) is 2. The molecule has 0 bridgehead atoms. The molecule has 0 aliphatic carbocycles. The van der Waals surface area contributed by atoms with Gasteiger partial charge in [0.15, 0.2) is 0 Å². The number of nitrogens with zero attached hydrogens (tertiary/aromatic N) is 1. The maximum Gasteiger partial charge on any atom is 0.338 e. The van der Waals surface area contributed by atoms with Gasteiger partial charge in [0.05, 0.1) is 17.9 Å². The molecule has 3 rings (SSSR count). The maximum absolute atomic E-state index is 13.1. The molecule has 0 saturated heterocycles. The lowest BCUT2D eigenvalue weighted by Crippen LogP contribution is -2.05. The second-order valence-electron chi connectivity index (χ2n) is 6.73. The second-order valence-corrected chi connectivity index (χ2v) is 7.75. The molecule has 7 heteroatoms. The van der Waals surface area contributed by atoms with E-state index in [2.05, 4.69) is 11.4 Å². The van der Waals surface area contributed by atoms with Crippen LogP contribution in [0.5, 0.6) is 0 Å². The Morgan fingerprint density at radius 2 is 1.87 bits per heavy atom. The fourth-order valence-corrected chi connectivity index (χ4v) is 4.08. The summed E-state index contributed by atoms with van der Waals surface area (Å²) in [4.78, 5) is 25.2. The highest BCUT2D eigenvalue weighted by atomic mass is 32.1. The first-order valence-electron chi connectivity index (χ1n) is 9.34.